The molecule has 5 nitrogen and oxygen atoms in total. The number of esters is 1. The molecule has 0 bridgehead atoms. The van der Waals surface area contributed by atoms with Crippen LogP contribution < -0.4 is 5.32 Å². The first-order chi connectivity index (χ1) is 9.84. The van der Waals surface area contributed by atoms with Gasteiger partial charge in [0, 0.05) is 24.2 Å². The lowest BCUT2D eigenvalue weighted by molar-refractivity contribution is -0.139. The molecule has 0 radical (unpaired) electrons. The van der Waals surface area contributed by atoms with Crippen LogP contribution in [0.4, 0.5) is 0 Å². The highest BCUT2D eigenvalue weighted by atomic mass is 32.2. The molecule has 0 aromatic carbocycles. The zero-order valence-electron chi connectivity index (χ0n) is 13.1. The van der Waals surface area contributed by atoms with Crippen molar-refractivity contribution in [2.24, 2.45) is 5.92 Å². The van der Waals surface area contributed by atoms with E-state index in [0.717, 1.165) is 16.3 Å². The molecule has 1 amide bonds. The van der Waals surface area contributed by atoms with Crippen molar-refractivity contribution < 1.29 is 14.3 Å². The number of carbonyl (C=O) groups is 2. The zero-order chi connectivity index (χ0) is 15.8. The van der Waals surface area contributed by atoms with Gasteiger partial charge in [-0.15, -0.1) is 0 Å². The molecular formula is C15H22N2O3S. The Balaban J connectivity index is 2.35. The minimum Gasteiger partial charge on any atom is -0.463 e. The molecule has 21 heavy (non-hydrogen) atoms. The van der Waals surface area contributed by atoms with Crippen molar-refractivity contribution >= 4 is 23.6 Å². The van der Waals surface area contributed by atoms with E-state index in [0.29, 0.717) is 13.0 Å². The maximum atomic E-state index is 12.2. The lowest BCUT2D eigenvalue weighted by atomic mass is 9.85. The van der Waals surface area contributed by atoms with E-state index >= 15 is 0 Å². The highest BCUT2D eigenvalue weighted by molar-refractivity contribution is 8.06. The second-order valence-corrected chi connectivity index (χ2v) is 6.59. The van der Waals surface area contributed by atoms with Crippen molar-refractivity contribution in [3.8, 4) is 0 Å². The molecule has 2 rings (SSSR count). The summed E-state index contributed by atoms with van der Waals surface area (Å²) in [5.41, 5.74) is 1.40. The normalized spacial score (nSPS) is 23.0. The van der Waals surface area contributed by atoms with Gasteiger partial charge < -0.3 is 15.0 Å². The first-order valence-electron chi connectivity index (χ1n) is 7.12. The summed E-state index contributed by atoms with van der Waals surface area (Å²) in [6.45, 7) is 8.39. The SMILES string of the molecule is CCOC(=O)C1=C2SC=C(CC(=O)NC)N2C(C)(C)C1C. The Labute approximate surface area is 129 Å². The Morgan fingerprint density at radius 2 is 2.14 bits per heavy atom. The largest absolute Gasteiger partial charge is 0.463 e. The van der Waals surface area contributed by atoms with Gasteiger partial charge in [0.05, 0.1) is 23.6 Å². The topological polar surface area (TPSA) is 58.6 Å². The first kappa shape index (κ1) is 15.9. The Morgan fingerprint density at radius 1 is 1.48 bits per heavy atom. The van der Waals surface area contributed by atoms with Crippen LogP contribution in [-0.4, -0.2) is 36.0 Å². The van der Waals surface area contributed by atoms with E-state index in [9.17, 15) is 9.59 Å². The van der Waals surface area contributed by atoms with Crippen molar-refractivity contribution in [1.82, 2.24) is 10.2 Å². The van der Waals surface area contributed by atoms with Crippen LogP contribution in [0.25, 0.3) is 0 Å². The summed E-state index contributed by atoms with van der Waals surface area (Å²) < 4.78 is 5.20. The molecule has 0 aromatic rings. The molecule has 116 valence electrons. The summed E-state index contributed by atoms with van der Waals surface area (Å²) >= 11 is 1.50. The van der Waals surface area contributed by atoms with Crippen LogP contribution >= 0.6 is 11.8 Å². The quantitative estimate of drug-likeness (QED) is 0.807. The minimum absolute atomic E-state index is 0.0314. The van der Waals surface area contributed by atoms with Crippen LogP contribution in [0.3, 0.4) is 0 Å². The molecule has 2 aliphatic heterocycles. The molecule has 0 saturated heterocycles. The molecule has 6 heteroatoms. The Morgan fingerprint density at radius 3 is 2.71 bits per heavy atom. The van der Waals surface area contributed by atoms with Gasteiger partial charge in [-0.2, -0.15) is 0 Å². The van der Waals surface area contributed by atoms with E-state index in [-0.39, 0.29) is 23.3 Å². The highest BCUT2D eigenvalue weighted by Crippen LogP contribution is 2.53. The number of nitrogens with zero attached hydrogens (tertiary/aromatic N) is 1. The molecule has 1 atom stereocenters. The third-order valence-electron chi connectivity index (χ3n) is 4.21. The highest BCUT2D eigenvalue weighted by Gasteiger charge is 2.50. The minimum atomic E-state index is -0.252. The summed E-state index contributed by atoms with van der Waals surface area (Å²) in [7, 11) is 1.63. The molecule has 1 N–H and O–H groups in total. The van der Waals surface area contributed by atoms with E-state index < -0.39 is 0 Å². The van der Waals surface area contributed by atoms with Crippen molar-refractivity contribution in [2.45, 2.75) is 39.7 Å². The molecule has 2 heterocycles. The molecular weight excluding hydrogens is 288 g/mol. The number of nitrogens with one attached hydrogen (secondary N) is 1. The van der Waals surface area contributed by atoms with E-state index in [1.165, 1.54) is 11.8 Å². The lowest BCUT2D eigenvalue weighted by Crippen LogP contribution is -2.42. The average Bonchev–Trinajstić information content (AvgIpc) is 2.90. The number of hydrogen-bond donors (Lipinski definition) is 1. The summed E-state index contributed by atoms with van der Waals surface area (Å²) in [5, 5.41) is 5.50. The molecule has 1 unspecified atom stereocenters. The van der Waals surface area contributed by atoms with Crippen LogP contribution in [0.1, 0.15) is 34.1 Å². The molecule has 0 aliphatic carbocycles. The summed E-state index contributed by atoms with van der Waals surface area (Å²) in [6, 6.07) is 0. The van der Waals surface area contributed by atoms with E-state index in [2.05, 4.69) is 24.1 Å². The average molecular weight is 310 g/mol. The van der Waals surface area contributed by atoms with Crippen LogP contribution in [0.2, 0.25) is 0 Å². The first-order valence-corrected chi connectivity index (χ1v) is 8.00. The maximum absolute atomic E-state index is 12.2. The number of hydrogen-bond acceptors (Lipinski definition) is 5. The van der Waals surface area contributed by atoms with Crippen molar-refractivity contribution in [3.63, 3.8) is 0 Å². The molecule has 0 spiro atoms. The van der Waals surface area contributed by atoms with Crippen molar-refractivity contribution in [1.29, 1.82) is 0 Å². The Bertz CT molecular complexity index is 537. The number of carbonyl (C=O) groups excluding carboxylic acids is 2. The molecule has 0 fully saturated rings. The monoisotopic (exact) mass is 310 g/mol. The number of thioether (sulfide) groups is 1. The van der Waals surface area contributed by atoms with Gasteiger partial charge in [0.25, 0.3) is 0 Å². The zero-order valence-corrected chi connectivity index (χ0v) is 14.0. The summed E-state index contributed by atoms with van der Waals surface area (Å²) in [4.78, 5) is 26.0. The predicted octanol–water partition coefficient (Wildman–Crippen LogP) is 2.22. The van der Waals surface area contributed by atoms with Gasteiger partial charge in [-0.05, 0) is 26.2 Å². The fourth-order valence-corrected chi connectivity index (χ4v) is 4.04. The van der Waals surface area contributed by atoms with Gasteiger partial charge in [0.1, 0.15) is 0 Å². The van der Waals surface area contributed by atoms with Crippen molar-refractivity contribution in [3.05, 3.63) is 21.7 Å². The number of ether oxygens (including phenoxy) is 1. The van der Waals surface area contributed by atoms with Gasteiger partial charge >= 0.3 is 5.97 Å². The molecule has 2 aliphatic rings. The van der Waals surface area contributed by atoms with Gasteiger partial charge in [-0.1, -0.05) is 18.7 Å². The van der Waals surface area contributed by atoms with E-state index in [1.807, 2.05) is 19.3 Å². The fraction of sp³-hybridized carbons (Fsp3) is 0.600. The number of rotatable bonds is 4. The number of amides is 1. The smallest absolute Gasteiger partial charge is 0.337 e. The van der Waals surface area contributed by atoms with Gasteiger partial charge in [0.2, 0.25) is 5.91 Å². The fourth-order valence-electron chi connectivity index (χ4n) is 2.75. The predicted molar refractivity (Wildman–Crippen MR) is 83.1 cm³/mol. The second kappa shape index (κ2) is 5.75. The maximum Gasteiger partial charge on any atom is 0.337 e. The summed E-state index contributed by atoms with van der Waals surface area (Å²) in [5.74, 6) is -0.235. The van der Waals surface area contributed by atoms with Crippen molar-refractivity contribution in [2.75, 3.05) is 13.7 Å². The van der Waals surface area contributed by atoms with Crippen LogP contribution in [0.5, 0.6) is 0 Å². The molecule has 0 saturated carbocycles. The van der Waals surface area contributed by atoms with Crippen LogP contribution in [-0.2, 0) is 14.3 Å². The standard InChI is InChI=1S/C15H22N2O3S/c1-6-20-14(19)12-9(2)15(3,4)17-10(7-11(18)16-5)8-21-13(12)17/h8-9H,6-7H2,1-5H3,(H,16,18). The Kier molecular flexibility index (Phi) is 4.37. The van der Waals surface area contributed by atoms with Crippen LogP contribution in [0.15, 0.2) is 21.7 Å². The third kappa shape index (κ3) is 2.57. The van der Waals surface area contributed by atoms with Gasteiger partial charge in [0.15, 0.2) is 0 Å². The van der Waals surface area contributed by atoms with Crippen LogP contribution in [0, 0.1) is 5.92 Å². The third-order valence-corrected chi connectivity index (χ3v) is 5.23. The van der Waals surface area contributed by atoms with Gasteiger partial charge in [-0.3, -0.25) is 4.79 Å². The second-order valence-electron chi connectivity index (χ2n) is 5.73. The number of fused-ring (bicyclic) bond motifs is 1. The lowest BCUT2D eigenvalue weighted by Gasteiger charge is -2.37. The van der Waals surface area contributed by atoms with E-state index in [1.54, 1.807) is 7.05 Å². The Hall–Kier alpha value is -1.43. The molecule has 0 aromatic heterocycles. The summed E-state index contributed by atoms with van der Waals surface area (Å²) in [6.07, 6.45) is 0.319. The van der Waals surface area contributed by atoms with E-state index in [4.69, 9.17) is 4.74 Å². The van der Waals surface area contributed by atoms with Gasteiger partial charge in [-0.25, -0.2) is 4.79 Å².